The van der Waals surface area contributed by atoms with Crippen molar-refractivity contribution in [1.82, 2.24) is 5.32 Å². The molecule has 90 valence electrons. The third kappa shape index (κ3) is 3.30. The summed E-state index contributed by atoms with van der Waals surface area (Å²) in [6.07, 6.45) is 2.76. The molecule has 0 saturated carbocycles. The first-order valence-corrected chi connectivity index (χ1v) is 6.81. The van der Waals surface area contributed by atoms with E-state index in [2.05, 4.69) is 38.2 Å². The maximum absolute atomic E-state index is 5.93. The largest absolute Gasteiger partial charge is 0.371 e. The monoisotopic (exact) mass is 239 g/mol. The van der Waals surface area contributed by atoms with Crippen LogP contribution >= 0.6 is 11.3 Å². The van der Waals surface area contributed by atoms with Gasteiger partial charge >= 0.3 is 0 Å². The third-order valence-electron chi connectivity index (χ3n) is 3.02. The highest BCUT2D eigenvalue weighted by molar-refractivity contribution is 7.11. The molecule has 16 heavy (non-hydrogen) atoms. The van der Waals surface area contributed by atoms with Gasteiger partial charge in [0, 0.05) is 22.8 Å². The van der Waals surface area contributed by atoms with Gasteiger partial charge in [0.05, 0.1) is 11.7 Å². The van der Waals surface area contributed by atoms with E-state index in [9.17, 15) is 0 Å². The topological polar surface area (TPSA) is 21.3 Å². The Morgan fingerprint density at radius 1 is 1.50 bits per heavy atom. The number of aryl methyl sites for hydroxylation is 1. The van der Waals surface area contributed by atoms with Crippen molar-refractivity contribution in [2.45, 2.75) is 51.9 Å². The lowest BCUT2D eigenvalue weighted by Gasteiger charge is -2.19. The van der Waals surface area contributed by atoms with Crippen molar-refractivity contribution in [3.8, 4) is 0 Å². The Labute approximate surface area is 102 Å². The minimum absolute atomic E-state index is 0.0892. The Hall–Kier alpha value is -0.380. The van der Waals surface area contributed by atoms with Crippen LogP contribution in [0.4, 0.5) is 0 Å². The molecule has 1 aromatic rings. The third-order valence-corrected chi connectivity index (χ3v) is 4.02. The fraction of sp³-hybridized carbons (Fsp3) is 0.692. The molecule has 1 N–H and O–H groups in total. The molecule has 1 saturated heterocycles. The molecule has 0 radical (unpaired) electrons. The van der Waals surface area contributed by atoms with Crippen LogP contribution in [0.15, 0.2) is 12.1 Å². The zero-order chi connectivity index (χ0) is 11.6. The number of nitrogens with one attached hydrogen (secondary N) is 1. The van der Waals surface area contributed by atoms with Crippen molar-refractivity contribution in [3.63, 3.8) is 0 Å². The molecule has 1 aliphatic rings. The lowest BCUT2D eigenvalue weighted by atomic mass is 10.1. The van der Waals surface area contributed by atoms with Crippen LogP contribution in [0.1, 0.15) is 36.4 Å². The Kier molecular flexibility index (Phi) is 3.67. The number of rotatable bonds is 4. The van der Waals surface area contributed by atoms with Crippen LogP contribution in [0.25, 0.3) is 0 Å². The molecule has 0 aromatic carbocycles. The second-order valence-corrected chi connectivity index (χ2v) is 6.55. The fourth-order valence-corrected chi connectivity index (χ4v) is 3.02. The Morgan fingerprint density at radius 3 is 2.88 bits per heavy atom. The van der Waals surface area contributed by atoms with Gasteiger partial charge in [0.25, 0.3) is 0 Å². The van der Waals surface area contributed by atoms with E-state index in [1.165, 1.54) is 22.6 Å². The molecule has 1 fully saturated rings. The molecule has 0 aliphatic carbocycles. The van der Waals surface area contributed by atoms with E-state index in [1.807, 2.05) is 11.3 Å². The first-order valence-electron chi connectivity index (χ1n) is 5.99. The summed E-state index contributed by atoms with van der Waals surface area (Å²) >= 11 is 1.87. The highest BCUT2D eigenvalue weighted by Gasteiger charge is 2.30. The summed E-state index contributed by atoms with van der Waals surface area (Å²) in [5.41, 5.74) is 0.0892. The van der Waals surface area contributed by atoms with Gasteiger partial charge in [-0.3, -0.25) is 0 Å². The quantitative estimate of drug-likeness (QED) is 0.871. The molecule has 2 nitrogen and oxygen atoms in total. The average Bonchev–Trinajstić information content (AvgIpc) is 2.73. The molecule has 2 heterocycles. The second kappa shape index (κ2) is 4.86. The Morgan fingerprint density at radius 2 is 2.31 bits per heavy atom. The molecule has 1 aromatic heterocycles. The Balaban J connectivity index is 1.69. The van der Waals surface area contributed by atoms with E-state index >= 15 is 0 Å². The predicted molar refractivity (Wildman–Crippen MR) is 68.9 cm³/mol. The first kappa shape index (κ1) is 12.1. The maximum atomic E-state index is 5.93. The van der Waals surface area contributed by atoms with E-state index in [0.717, 1.165) is 13.1 Å². The number of thiophene rings is 1. The lowest BCUT2D eigenvalue weighted by molar-refractivity contribution is -0.0142. The van der Waals surface area contributed by atoms with Crippen molar-refractivity contribution in [1.29, 1.82) is 0 Å². The van der Waals surface area contributed by atoms with Gasteiger partial charge < -0.3 is 10.1 Å². The van der Waals surface area contributed by atoms with Gasteiger partial charge in [-0.05, 0) is 45.7 Å². The molecule has 1 unspecified atom stereocenters. The van der Waals surface area contributed by atoms with Crippen LogP contribution in [0, 0.1) is 6.92 Å². The molecule has 2 rings (SSSR count). The zero-order valence-electron chi connectivity index (χ0n) is 10.4. The molecule has 3 heteroatoms. The number of ether oxygens (including phenoxy) is 1. The van der Waals surface area contributed by atoms with E-state index in [0.29, 0.717) is 6.10 Å². The standard InChI is InChI=1S/C13H21NOS/c1-10-4-5-12(16-10)9-14-8-11-6-7-13(2,3)15-11/h4-5,11,14H,6-9H2,1-3H3. The normalized spacial score (nSPS) is 23.8. The highest BCUT2D eigenvalue weighted by Crippen LogP contribution is 2.28. The highest BCUT2D eigenvalue weighted by atomic mass is 32.1. The molecule has 0 spiro atoms. The molecule has 0 bridgehead atoms. The van der Waals surface area contributed by atoms with Crippen LogP contribution in [0.5, 0.6) is 0 Å². The summed E-state index contributed by atoms with van der Waals surface area (Å²) < 4.78 is 5.93. The van der Waals surface area contributed by atoms with Crippen LogP contribution in [-0.2, 0) is 11.3 Å². The maximum Gasteiger partial charge on any atom is 0.0707 e. The van der Waals surface area contributed by atoms with E-state index in [-0.39, 0.29) is 5.60 Å². The summed E-state index contributed by atoms with van der Waals surface area (Å²) in [4.78, 5) is 2.80. The van der Waals surface area contributed by atoms with Gasteiger partial charge in [0.1, 0.15) is 0 Å². The summed E-state index contributed by atoms with van der Waals surface area (Å²) in [5, 5.41) is 3.48. The minimum atomic E-state index is 0.0892. The van der Waals surface area contributed by atoms with Crippen molar-refractivity contribution in [2.75, 3.05) is 6.54 Å². The second-order valence-electron chi connectivity index (χ2n) is 5.18. The van der Waals surface area contributed by atoms with E-state index in [4.69, 9.17) is 4.74 Å². The first-order chi connectivity index (χ1) is 7.55. The molecular weight excluding hydrogens is 218 g/mol. The Bertz CT molecular complexity index is 345. The number of hydrogen-bond acceptors (Lipinski definition) is 3. The fourth-order valence-electron chi connectivity index (χ4n) is 2.16. The van der Waals surface area contributed by atoms with Crippen LogP contribution in [-0.4, -0.2) is 18.2 Å². The summed E-state index contributed by atoms with van der Waals surface area (Å²) in [5.74, 6) is 0. The van der Waals surface area contributed by atoms with Crippen LogP contribution < -0.4 is 5.32 Å². The van der Waals surface area contributed by atoms with Crippen molar-refractivity contribution in [3.05, 3.63) is 21.9 Å². The van der Waals surface area contributed by atoms with Gasteiger partial charge in [-0.2, -0.15) is 0 Å². The smallest absolute Gasteiger partial charge is 0.0707 e. The number of hydrogen-bond donors (Lipinski definition) is 1. The van der Waals surface area contributed by atoms with E-state index in [1.54, 1.807) is 0 Å². The van der Waals surface area contributed by atoms with Crippen molar-refractivity contribution < 1.29 is 4.74 Å². The van der Waals surface area contributed by atoms with Crippen molar-refractivity contribution in [2.24, 2.45) is 0 Å². The average molecular weight is 239 g/mol. The predicted octanol–water partition coefficient (Wildman–Crippen LogP) is 3.10. The van der Waals surface area contributed by atoms with Gasteiger partial charge in [-0.1, -0.05) is 0 Å². The van der Waals surface area contributed by atoms with Gasteiger partial charge in [0.2, 0.25) is 0 Å². The summed E-state index contributed by atoms with van der Waals surface area (Å²) in [6, 6.07) is 4.38. The minimum Gasteiger partial charge on any atom is -0.371 e. The van der Waals surface area contributed by atoms with Crippen molar-refractivity contribution >= 4 is 11.3 Å². The van der Waals surface area contributed by atoms with E-state index < -0.39 is 0 Å². The van der Waals surface area contributed by atoms with Crippen LogP contribution in [0.3, 0.4) is 0 Å². The summed E-state index contributed by atoms with van der Waals surface area (Å²) in [6.45, 7) is 8.45. The molecule has 1 atom stereocenters. The van der Waals surface area contributed by atoms with Crippen LogP contribution in [0.2, 0.25) is 0 Å². The molecule has 0 amide bonds. The zero-order valence-corrected chi connectivity index (χ0v) is 11.2. The van der Waals surface area contributed by atoms with Gasteiger partial charge in [-0.15, -0.1) is 11.3 Å². The molecule has 1 aliphatic heterocycles. The SMILES string of the molecule is Cc1ccc(CNCC2CCC(C)(C)O2)s1. The molecular formula is C13H21NOS. The lowest BCUT2D eigenvalue weighted by Crippen LogP contribution is -2.28. The van der Waals surface area contributed by atoms with Gasteiger partial charge in [0.15, 0.2) is 0 Å². The van der Waals surface area contributed by atoms with Gasteiger partial charge in [-0.25, -0.2) is 0 Å². The summed E-state index contributed by atoms with van der Waals surface area (Å²) in [7, 11) is 0.